The van der Waals surface area contributed by atoms with E-state index in [2.05, 4.69) is 82.3 Å². The van der Waals surface area contributed by atoms with Gasteiger partial charge in [0.05, 0.1) is 11.2 Å². The topological polar surface area (TPSA) is 18.5 Å². The Kier molecular flexibility index (Phi) is 5.09. The van der Waals surface area contributed by atoms with Crippen LogP contribution >= 0.6 is 11.8 Å². The lowest BCUT2D eigenvalue weighted by molar-refractivity contribution is 0.00578. The number of hydrogen-bond donors (Lipinski definition) is 0. The summed E-state index contributed by atoms with van der Waals surface area (Å²) in [6.45, 7) is 8.39. The van der Waals surface area contributed by atoms with Crippen LogP contribution in [-0.2, 0) is 15.7 Å². The fourth-order valence-corrected chi connectivity index (χ4v) is 3.66. The molecule has 24 heavy (non-hydrogen) atoms. The van der Waals surface area contributed by atoms with Crippen molar-refractivity contribution in [3.63, 3.8) is 0 Å². The lowest BCUT2D eigenvalue weighted by atomic mass is 9.75. The van der Waals surface area contributed by atoms with Gasteiger partial charge in [-0.3, -0.25) is 0 Å². The summed E-state index contributed by atoms with van der Waals surface area (Å²) < 4.78 is 12.5. The first-order valence-corrected chi connectivity index (χ1v) is 9.49. The molecule has 0 aromatic heterocycles. The molecule has 0 radical (unpaired) electrons. The van der Waals surface area contributed by atoms with E-state index in [1.54, 1.807) is 0 Å². The minimum Gasteiger partial charge on any atom is -0.399 e. The van der Waals surface area contributed by atoms with Gasteiger partial charge in [-0.1, -0.05) is 42.5 Å². The minimum atomic E-state index is -0.302. The summed E-state index contributed by atoms with van der Waals surface area (Å²) in [7, 11) is -0.284. The predicted octanol–water partition coefficient (Wildman–Crippen LogP) is 4.32. The minimum absolute atomic E-state index is 0.284. The third-order valence-electron chi connectivity index (χ3n) is 4.95. The summed E-state index contributed by atoms with van der Waals surface area (Å²) in [5.41, 5.74) is 1.86. The molecule has 0 unspecified atom stereocenters. The molecular formula is C20H25BO2S. The van der Waals surface area contributed by atoms with Gasteiger partial charge in [-0.05, 0) is 57.3 Å². The standard InChI is InChI=1S/C20H25BO2S/c1-19(2)20(3,4)23-21(22-19)18-13-9-8-10-16(18)14-15-24-17-11-6-5-7-12-17/h5-13H,14-15H2,1-4H3. The van der Waals surface area contributed by atoms with Crippen molar-refractivity contribution in [2.75, 3.05) is 5.75 Å². The average molecular weight is 340 g/mol. The van der Waals surface area contributed by atoms with E-state index in [9.17, 15) is 0 Å². The van der Waals surface area contributed by atoms with Crippen molar-refractivity contribution in [2.45, 2.75) is 50.2 Å². The molecule has 3 rings (SSSR count). The van der Waals surface area contributed by atoms with Gasteiger partial charge in [-0.2, -0.15) is 0 Å². The number of benzene rings is 2. The number of thioether (sulfide) groups is 1. The first-order chi connectivity index (χ1) is 11.4. The lowest BCUT2D eigenvalue weighted by Crippen LogP contribution is -2.41. The summed E-state index contributed by atoms with van der Waals surface area (Å²) in [6.07, 6.45) is 1.000. The van der Waals surface area contributed by atoms with Crippen LogP contribution < -0.4 is 5.46 Å². The van der Waals surface area contributed by atoms with Crippen molar-refractivity contribution < 1.29 is 9.31 Å². The van der Waals surface area contributed by atoms with Crippen LogP contribution in [-0.4, -0.2) is 24.1 Å². The number of hydrogen-bond acceptors (Lipinski definition) is 3. The Morgan fingerprint density at radius 3 is 2.08 bits per heavy atom. The highest BCUT2D eigenvalue weighted by Crippen LogP contribution is 2.36. The maximum absolute atomic E-state index is 6.23. The second-order valence-corrected chi connectivity index (χ2v) is 8.37. The third-order valence-corrected chi connectivity index (χ3v) is 5.96. The van der Waals surface area contributed by atoms with Gasteiger partial charge in [0.2, 0.25) is 0 Å². The maximum atomic E-state index is 6.23. The van der Waals surface area contributed by atoms with Gasteiger partial charge in [0.1, 0.15) is 0 Å². The zero-order chi connectivity index (χ0) is 17.2. The van der Waals surface area contributed by atoms with E-state index < -0.39 is 0 Å². The summed E-state index contributed by atoms with van der Waals surface area (Å²) in [6, 6.07) is 19.0. The molecule has 1 fully saturated rings. The molecule has 0 N–H and O–H groups in total. The van der Waals surface area contributed by atoms with E-state index in [4.69, 9.17) is 9.31 Å². The summed E-state index contributed by atoms with van der Waals surface area (Å²) in [5, 5.41) is 0. The molecule has 126 valence electrons. The normalized spacial score (nSPS) is 18.8. The van der Waals surface area contributed by atoms with E-state index in [1.165, 1.54) is 10.5 Å². The van der Waals surface area contributed by atoms with Gasteiger partial charge >= 0.3 is 7.12 Å². The molecule has 1 aliphatic rings. The zero-order valence-corrected chi connectivity index (χ0v) is 15.7. The van der Waals surface area contributed by atoms with E-state index in [-0.39, 0.29) is 18.3 Å². The van der Waals surface area contributed by atoms with Crippen LogP contribution in [0.5, 0.6) is 0 Å². The summed E-state index contributed by atoms with van der Waals surface area (Å²) in [5.74, 6) is 1.04. The van der Waals surface area contributed by atoms with E-state index in [0.29, 0.717) is 0 Å². The maximum Gasteiger partial charge on any atom is 0.495 e. The molecule has 0 saturated carbocycles. The molecular weight excluding hydrogens is 315 g/mol. The first-order valence-electron chi connectivity index (χ1n) is 8.50. The van der Waals surface area contributed by atoms with Crippen LogP contribution in [0.3, 0.4) is 0 Å². The zero-order valence-electron chi connectivity index (χ0n) is 14.9. The molecule has 4 heteroatoms. The van der Waals surface area contributed by atoms with Crippen molar-refractivity contribution in [3.8, 4) is 0 Å². The lowest BCUT2D eigenvalue weighted by Gasteiger charge is -2.32. The van der Waals surface area contributed by atoms with Gasteiger partial charge in [0.15, 0.2) is 0 Å². The van der Waals surface area contributed by atoms with Crippen molar-refractivity contribution >= 4 is 24.3 Å². The molecule has 2 nitrogen and oxygen atoms in total. The quantitative estimate of drug-likeness (QED) is 0.597. The Hall–Kier alpha value is -1.23. The Labute approximate surface area is 150 Å². The highest BCUT2D eigenvalue weighted by Gasteiger charge is 2.52. The molecule has 0 bridgehead atoms. The van der Waals surface area contributed by atoms with Gasteiger partial charge in [-0.25, -0.2) is 0 Å². The van der Waals surface area contributed by atoms with Crippen molar-refractivity contribution in [1.29, 1.82) is 0 Å². The molecule has 1 aliphatic heterocycles. The number of aryl methyl sites for hydroxylation is 1. The Balaban J connectivity index is 1.70. The summed E-state index contributed by atoms with van der Waals surface area (Å²) >= 11 is 1.88. The Morgan fingerprint density at radius 1 is 0.833 bits per heavy atom. The van der Waals surface area contributed by atoms with Crippen molar-refractivity contribution in [1.82, 2.24) is 0 Å². The van der Waals surface area contributed by atoms with Crippen LogP contribution in [0.2, 0.25) is 0 Å². The highest BCUT2D eigenvalue weighted by atomic mass is 32.2. The van der Waals surface area contributed by atoms with Crippen LogP contribution in [0.4, 0.5) is 0 Å². The smallest absolute Gasteiger partial charge is 0.399 e. The molecule has 0 amide bonds. The van der Waals surface area contributed by atoms with E-state index in [1.807, 2.05) is 11.8 Å². The summed E-state index contributed by atoms with van der Waals surface area (Å²) in [4.78, 5) is 1.31. The fraction of sp³-hybridized carbons (Fsp3) is 0.400. The second kappa shape index (κ2) is 6.95. The Morgan fingerprint density at radius 2 is 1.42 bits per heavy atom. The largest absolute Gasteiger partial charge is 0.495 e. The first kappa shape index (κ1) is 17.6. The Bertz CT molecular complexity index is 669. The van der Waals surface area contributed by atoms with Gasteiger partial charge in [-0.15, -0.1) is 11.8 Å². The molecule has 1 heterocycles. The predicted molar refractivity (Wildman–Crippen MR) is 103 cm³/mol. The van der Waals surface area contributed by atoms with Gasteiger partial charge < -0.3 is 9.31 Å². The van der Waals surface area contributed by atoms with Gasteiger partial charge in [0, 0.05) is 10.6 Å². The highest BCUT2D eigenvalue weighted by molar-refractivity contribution is 7.99. The van der Waals surface area contributed by atoms with Crippen molar-refractivity contribution in [3.05, 3.63) is 60.2 Å². The van der Waals surface area contributed by atoms with Gasteiger partial charge in [0.25, 0.3) is 0 Å². The SMILES string of the molecule is CC1(C)OB(c2ccccc2CCSc2ccccc2)OC1(C)C. The monoisotopic (exact) mass is 340 g/mol. The third kappa shape index (κ3) is 3.71. The van der Waals surface area contributed by atoms with Crippen LogP contribution in [0.15, 0.2) is 59.5 Å². The van der Waals surface area contributed by atoms with Crippen LogP contribution in [0.25, 0.3) is 0 Å². The fourth-order valence-electron chi connectivity index (χ4n) is 2.76. The van der Waals surface area contributed by atoms with E-state index in [0.717, 1.165) is 17.6 Å². The molecule has 2 aromatic carbocycles. The van der Waals surface area contributed by atoms with Crippen LogP contribution in [0.1, 0.15) is 33.3 Å². The molecule has 0 aliphatic carbocycles. The molecule has 1 saturated heterocycles. The molecule has 2 aromatic rings. The number of rotatable bonds is 5. The average Bonchev–Trinajstić information content (AvgIpc) is 2.77. The second-order valence-electron chi connectivity index (χ2n) is 7.20. The van der Waals surface area contributed by atoms with E-state index >= 15 is 0 Å². The van der Waals surface area contributed by atoms with Crippen molar-refractivity contribution in [2.24, 2.45) is 0 Å². The molecule has 0 spiro atoms. The van der Waals surface area contributed by atoms with Crippen LogP contribution in [0, 0.1) is 0 Å². The molecule has 0 atom stereocenters.